The first-order valence-corrected chi connectivity index (χ1v) is 3.04. The fourth-order valence-corrected chi connectivity index (χ4v) is 0.243. The second-order valence-corrected chi connectivity index (χ2v) is 3.05. The van der Waals surface area contributed by atoms with E-state index in [1.165, 1.54) is 5.48 Å². The van der Waals surface area contributed by atoms with Crippen LogP contribution in [0.25, 0.3) is 0 Å². The van der Waals surface area contributed by atoms with Gasteiger partial charge in [0.15, 0.2) is 0 Å². The highest BCUT2D eigenvalue weighted by molar-refractivity contribution is 5.76. The van der Waals surface area contributed by atoms with E-state index < -0.39 is 17.5 Å². The first-order valence-electron chi connectivity index (χ1n) is 3.04. The van der Waals surface area contributed by atoms with Crippen LogP contribution in [0.4, 0.5) is 4.79 Å². The normalized spacial score (nSPS) is 10.5. The summed E-state index contributed by atoms with van der Waals surface area (Å²) in [7, 11) is 0. The summed E-state index contributed by atoms with van der Waals surface area (Å²) < 4.78 is 0. The van der Waals surface area contributed by atoms with E-state index in [4.69, 9.17) is 5.11 Å². The van der Waals surface area contributed by atoms with Crippen molar-refractivity contribution >= 4 is 12.1 Å². The third kappa shape index (κ3) is 4.19. The summed E-state index contributed by atoms with van der Waals surface area (Å²) in [5.41, 5.74) is 0.827. The molecule has 0 aliphatic carbocycles. The van der Waals surface area contributed by atoms with Gasteiger partial charge in [0.1, 0.15) is 0 Å². The van der Waals surface area contributed by atoms with E-state index in [0.29, 0.717) is 0 Å². The molecule has 2 N–H and O–H groups in total. The largest absolute Gasteiger partial charge is 0.463 e. The van der Waals surface area contributed by atoms with Gasteiger partial charge < -0.3 is 9.94 Å². The summed E-state index contributed by atoms with van der Waals surface area (Å²) in [4.78, 5) is 24.8. The lowest BCUT2D eigenvalue weighted by molar-refractivity contribution is -0.159. The van der Waals surface area contributed by atoms with Crippen LogP contribution in [0.5, 0.6) is 0 Å². The first kappa shape index (κ1) is 9.74. The number of amides is 1. The Labute approximate surface area is 64.3 Å². The molecule has 0 unspecified atom stereocenters. The van der Waals surface area contributed by atoms with Crippen LogP contribution in [0.15, 0.2) is 0 Å². The quantitative estimate of drug-likeness (QED) is 0.514. The first-order chi connectivity index (χ1) is 4.84. The number of rotatable bonds is 0. The molecule has 0 heterocycles. The van der Waals surface area contributed by atoms with Crippen molar-refractivity contribution in [3.8, 4) is 0 Å². The van der Waals surface area contributed by atoms with Gasteiger partial charge in [-0.1, -0.05) is 0 Å². The molecule has 0 saturated heterocycles. The van der Waals surface area contributed by atoms with Gasteiger partial charge in [-0.15, -0.1) is 5.48 Å². The second kappa shape index (κ2) is 3.23. The molecule has 0 aliphatic rings. The zero-order valence-electron chi connectivity index (χ0n) is 6.67. The molecule has 1 amide bonds. The van der Waals surface area contributed by atoms with E-state index in [0.717, 1.165) is 0 Å². The standard InChI is InChI=1S/C6H11NO4/c1-6(2,3)4(8)11-7-5(9)10/h7H,1-3H3,(H,9,10). The van der Waals surface area contributed by atoms with Crippen LogP contribution in [-0.2, 0) is 9.63 Å². The molecule has 0 spiro atoms. The maximum absolute atomic E-state index is 10.8. The van der Waals surface area contributed by atoms with Gasteiger partial charge in [0.25, 0.3) is 0 Å². The molecule has 11 heavy (non-hydrogen) atoms. The van der Waals surface area contributed by atoms with Crippen molar-refractivity contribution in [2.75, 3.05) is 0 Å². The smallest absolute Gasteiger partial charge is 0.438 e. The molecule has 64 valence electrons. The predicted molar refractivity (Wildman–Crippen MR) is 36.7 cm³/mol. The Bertz CT molecular complexity index is 170. The van der Waals surface area contributed by atoms with Crippen LogP contribution in [0, 0.1) is 5.41 Å². The van der Waals surface area contributed by atoms with Gasteiger partial charge in [0.05, 0.1) is 5.41 Å². The highest BCUT2D eigenvalue weighted by Gasteiger charge is 2.23. The Kier molecular flexibility index (Phi) is 2.86. The highest BCUT2D eigenvalue weighted by atomic mass is 16.7. The van der Waals surface area contributed by atoms with Gasteiger partial charge in [-0.2, -0.15) is 0 Å². The molecule has 0 aromatic rings. The third-order valence-corrected chi connectivity index (χ3v) is 0.843. The van der Waals surface area contributed by atoms with Crippen molar-refractivity contribution in [3.63, 3.8) is 0 Å². The maximum Gasteiger partial charge on any atom is 0.438 e. The van der Waals surface area contributed by atoms with Crippen LogP contribution < -0.4 is 5.48 Å². The Morgan fingerprint density at radius 2 is 1.82 bits per heavy atom. The molecule has 0 aromatic heterocycles. The Morgan fingerprint density at radius 1 is 1.36 bits per heavy atom. The van der Waals surface area contributed by atoms with Gasteiger partial charge in [0, 0.05) is 0 Å². The van der Waals surface area contributed by atoms with Crippen molar-refractivity contribution < 1.29 is 19.5 Å². The monoisotopic (exact) mass is 161 g/mol. The Hall–Kier alpha value is -1.26. The number of hydrogen-bond donors (Lipinski definition) is 2. The minimum Gasteiger partial charge on any atom is -0.463 e. The molecular formula is C6H11NO4. The molecule has 0 aliphatic heterocycles. The van der Waals surface area contributed by atoms with Crippen molar-refractivity contribution in [2.45, 2.75) is 20.8 Å². The van der Waals surface area contributed by atoms with Gasteiger partial charge in [0.2, 0.25) is 0 Å². The number of hydroxylamine groups is 1. The van der Waals surface area contributed by atoms with Crippen LogP contribution in [-0.4, -0.2) is 17.2 Å². The lowest BCUT2D eigenvalue weighted by Crippen LogP contribution is -2.32. The molecule has 0 bridgehead atoms. The van der Waals surface area contributed by atoms with Crippen LogP contribution in [0.3, 0.4) is 0 Å². The highest BCUT2D eigenvalue weighted by Crippen LogP contribution is 2.13. The van der Waals surface area contributed by atoms with Crippen molar-refractivity contribution in [3.05, 3.63) is 0 Å². The molecule has 0 radical (unpaired) electrons. The molecule has 0 rings (SSSR count). The summed E-state index contributed by atoms with van der Waals surface area (Å²) in [6.07, 6.45) is -1.39. The topological polar surface area (TPSA) is 75.6 Å². The fourth-order valence-electron chi connectivity index (χ4n) is 0.243. The molecule has 5 nitrogen and oxygen atoms in total. The number of hydrogen-bond acceptors (Lipinski definition) is 3. The molecule has 0 fully saturated rings. The van der Waals surface area contributed by atoms with Crippen molar-refractivity contribution in [2.24, 2.45) is 5.41 Å². The van der Waals surface area contributed by atoms with Crippen LogP contribution in [0.1, 0.15) is 20.8 Å². The van der Waals surface area contributed by atoms with Crippen molar-refractivity contribution in [1.82, 2.24) is 5.48 Å². The summed E-state index contributed by atoms with van der Waals surface area (Å²) in [6.45, 7) is 4.87. The van der Waals surface area contributed by atoms with Gasteiger partial charge in [-0.05, 0) is 20.8 Å². The lowest BCUT2D eigenvalue weighted by atomic mass is 9.98. The lowest BCUT2D eigenvalue weighted by Gasteiger charge is -2.14. The predicted octanol–water partition coefficient (Wildman–Crippen LogP) is 0.758. The average Bonchev–Trinajstić information content (AvgIpc) is 1.80. The summed E-state index contributed by atoms with van der Waals surface area (Å²) >= 11 is 0. The molecule has 5 heteroatoms. The zero-order valence-corrected chi connectivity index (χ0v) is 6.67. The number of carbonyl (C=O) groups is 2. The second-order valence-electron chi connectivity index (χ2n) is 3.05. The number of carbonyl (C=O) groups excluding carboxylic acids is 1. The summed E-state index contributed by atoms with van der Waals surface area (Å²) in [6, 6.07) is 0. The molecule has 0 saturated carbocycles. The Balaban J connectivity index is 3.80. The van der Waals surface area contributed by atoms with Crippen molar-refractivity contribution in [1.29, 1.82) is 0 Å². The average molecular weight is 161 g/mol. The van der Waals surface area contributed by atoms with E-state index in [2.05, 4.69) is 4.84 Å². The number of nitrogens with one attached hydrogen (secondary N) is 1. The van der Waals surface area contributed by atoms with E-state index in [9.17, 15) is 9.59 Å². The van der Waals surface area contributed by atoms with E-state index >= 15 is 0 Å². The Morgan fingerprint density at radius 3 is 2.09 bits per heavy atom. The van der Waals surface area contributed by atoms with E-state index in [1.807, 2.05) is 0 Å². The van der Waals surface area contributed by atoms with E-state index in [1.54, 1.807) is 20.8 Å². The van der Waals surface area contributed by atoms with Crippen LogP contribution >= 0.6 is 0 Å². The molecule has 0 atom stereocenters. The minimum atomic E-state index is -1.39. The third-order valence-electron chi connectivity index (χ3n) is 0.843. The van der Waals surface area contributed by atoms with Gasteiger partial charge >= 0.3 is 12.1 Å². The summed E-state index contributed by atoms with van der Waals surface area (Å²) in [5.74, 6) is -0.611. The maximum atomic E-state index is 10.8. The zero-order chi connectivity index (χ0) is 9.07. The number of carboxylic acid groups (broad SMARTS) is 1. The fraction of sp³-hybridized carbons (Fsp3) is 0.667. The minimum absolute atomic E-state index is 0.611. The van der Waals surface area contributed by atoms with Gasteiger partial charge in [-0.25, -0.2) is 9.59 Å². The summed E-state index contributed by atoms with van der Waals surface area (Å²) in [5, 5.41) is 8.04. The van der Waals surface area contributed by atoms with Crippen LogP contribution in [0.2, 0.25) is 0 Å². The van der Waals surface area contributed by atoms with E-state index in [-0.39, 0.29) is 0 Å². The van der Waals surface area contributed by atoms with Gasteiger partial charge in [-0.3, -0.25) is 0 Å². The molecular weight excluding hydrogens is 150 g/mol. The SMILES string of the molecule is CC(C)(C)C(=O)ONC(=O)O. The molecule has 0 aromatic carbocycles.